The lowest BCUT2D eigenvalue weighted by Crippen LogP contribution is -2.50. The summed E-state index contributed by atoms with van der Waals surface area (Å²) in [6.45, 7) is 7.56. The number of rotatable bonds is 9. The highest BCUT2D eigenvalue weighted by atomic mass is 19.1. The molecule has 7 nitrogen and oxygen atoms in total. The van der Waals surface area contributed by atoms with E-state index in [0.717, 1.165) is 0 Å². The highest BCUT2D eigenvalue weighted by Crippen LogP contribution is 2.28. The van der Waals surface area contributed by atoms with Crippen LogP contribution >= 0.6 is 0 Å². The third-order valence-corrected chi connectivity index (χ3v) is 6.07. The number of carbonyl (C=O) groups is 3. The first-order chi connectivity index (χ1) is 16.6. The van der Waals surface area contributed by atoms with Gasteiger partial charge in [-0.1, -0.05) is 38.1 Å². The van der Waals surface area contributed by atoms with Crippen molar-refractivity contribution in [3.8, 4) is 0 Å². The molecule has 0 saturated carbocycles. The van der Waals surface area contributed by atoms with Crippen molar-refractivity contribution in [2.75, 3.05) is 11.9 Å². The summed E-state index contributed by atoms with van der Waals surface area (Å²) in [6, 6.07) is 13.0. The topological polar surface area (TPSA) is 105 Å². The number of likely N-dealkylation sites (N-methyl/N-ethyl adjacent to an activating group) is 1. The molecule has 0 radical (unpaired) electrons. The number of para-hydroxylation sites is 1. The number of allylic oxidation sites excluding steroid dienone is 1. The Labute approximate surface area is 204 Å². The SMILES string of the molecule is C=CC[C@H](C(N)=O)[C@@H](CC(C)C)C(=O)NC1N=C(c2ccc(F)cc2)c2ccccc2N(C)C1=O. The molecule has 1 aliphatic rings. The van der Waals surface area contributed by atoms with Gasteiger partial charge in [0.2, 0.25) is 18.0 Å². The number of carbonyl (C=O) groups excluding carboxylic acids is 3. The summed E-state index contributed by atoms with van der Waals surface area (Å²) < 4.78 is 13.6. The van der Waals surface area contributed by atoms with Crippen molar-refractivity contribution >= 4 is 29.1 Å². The predicted octanol–water partition coefficient (Wildman–Crippen LogP) is 3.42. The molecule has 0 bridgehead atoms. The molecule has 1 unspecified atom stereocenters. The average molecular weight is 479 g/mol. The molecule has 0 spiro atoms. The summed E-state index contributed by atoms with van der Waals surface area (Å²) in [5.41, 5.74) is 7.94. The summed E-state index contributed by atoms with van der Waals surface area (Å²) in [4.78, 5) is 45.1. The number of primary amides is 1. The molecule has 1 aliphatic heterocycles. The predicted molar refractivity (Wildman–Crippen MR) is 134 cm³/mol. The third kappa shape index (κ3) is 5.82. The van der Waals surface area contributed by atoms with E-state index in [1.54, 1.807) is 37.4 Å². The van der Waals surface area contributed by atoms with Crippen molar-refractivity contribution in [2.45, 2.75) is 32.9 Å². The van der Waals surface area contributed by atoms with Gasteiger partial charge in [-0.25, -0.2) is 9.38 Å². The molecule has 2 aromatic carbocycles. The number of nitrogens with one attached hydrogen (secondary N) is 1. The molecule has 0 saturated heterocycles. The van der Waals surface area contributed by atoms with Crippen LogP contribution in [0.4, 0.5) is 10.1 Å². The zero-order valence-corrected chi connectivity index (χ0v) is 20.2. The standard InChI is InChI=1S/C27H31FN4O3/c1-5-8-19(24(29)33)21(15-16(2)3)26(34)31-25-27(35)32(4)22-10-7-6-9-20(22)23(30-25)17-11-13-18(28)14-12-17/h5-7,9-14,16,19,21,25H,1,8,15H2,2-4H3,(H2,29,33)(H,31,34)/t19-,21+,25?/m0/s1. The monoisotopic (exact) mass is 478 g/mol. The van der Waals surface area contributed by atoms with Crippen LogP contribution in [0.15, 0.2) is 66.2 Å². The smallest absolute Gasteiger partial charge is 0.272 e. The van der Waals surface area contributed by atoms with Gasteiger partial charge in [-0.2, -0.15) is 0 Å². The van der Waals surface area contributed by atoms with Crippen molar-refractivity contribution in [2.24, 2.45) is 28.5 Å². The molecule has 0 fully saturated rings. The van der Waals surface area contributed by atoms with E-state index >= 15 is 0 Å². The number of anilines is 1. The number of nitrogens with two attached hydrogens (primary N) is 1. The van der Waals surface area contributed by atoms with Crippen LogP contribution in [0.25, 0.3) is 0 Å². The minimum Gasteiger partial charge on any atom is -0.369 e. The van der Waals surface area contributed by atoms with Crippen LogP contribution in [-0.4, -0.2) is 36.6 Å². The molecule has 3 atom stereocenters. The van der Waals surface area contributed by atoms with Gasteiger partial charge in [-0.3, -0.25) is 14.4 Å². The summed E-state index contributed by atoms with van der Waals surface area (Å²) in [6.07, 6.45) is 0.960. The Morgan fingerprint density at radius 3 is 2.43 bits per heavy atom. The van der Waals surface area contributed by atoms with E-state index in [1.165, 1.54) is 17.0 Å². The Hall–Kier alpha value is -3.81. The Bertz CT molecular complexity index is 1140. The summed E-state index contributed by atoms with van der Waals surface area (Å²) in [5.74, 6) is -3.32. The zero-order chi connectivity index (χ0) is 25.7. The van der Waals surface area contributed by atoms with Gasteiger partial charge in [0, 0.05) is 18.2 Å². The van der Waals surface area contributed by atoms with Gasteiger partial charge in [0.25, 0.3) is 5.91 Å². The maximum atomic E-state index is 13.6. The summed E-state index contributed by atoms with van der Waals surface area (Å²) >= 11 is 0. The number of benzodiazepines with no additional fused rings is 1. The van der Waals surface area contributed by atoms with E-state index in [0.29, 0.717) is 28.9 Å². The third-order valence-electron chi connectivity index (χ3n) is 6.07. The fraction of sp³-hybridized carbons (Fsp3) is 0.333. The van der Waals surface area contributed by atoms with Crippen LogP contribution in [0.1, 0.15) is 37.8 Å². The number of halogens is 1. The Balaban J connectivity index is 2.05. The van der Waals surface area contributed by atoms with Crippen LogP contribution in [0.5, 0.6) is 0 Å². The van der Waals surface area contributed by atoms with Crippen molar-refractivity contribution in [1.29, 1.82) is 0 Å². The number of hydrogen-bond acceptors (Lipinski definition) is 4. The minimum atomic E-state index is -1.24. The first-order valence-corrected chi connectivity index (χ1v) is 11.5. The van der Waals surface area contributed by atoms with Crippen molar-refractivity contribution < 1.29 is 18.8 Å². The number of nitrogens with zero attached hydrogens (tertiary/aromatic N) is 2. The number of fused-ring (bicyclic) bond motifs is 1. The highest BCUT2D eigenvalue weighted by Gasteiger charge is 2.36. The van der Waals surface area contributed by atoms with E-state index in [1.807, 2.05) is 26.0 Å². The van der Waals surface area contributed by atoms with Gasteiger partial charge in [0.15, 0.2) is 0 Å². The lowest BCUT2D eigenvalue weighted by atomic mass is 9.82. The maximum Gasteiger partial charge on any atom is 0.272 e. The molecule has 3 amide bonds. The zero-order valence-electron chi connectivity index (χ0n) is 20.2. The normalized spacial score (nSPS) is 17.2. The second-order valence-corrected chi connectivity index (χ2v) is 9.08. The van der Waals surface area contributed by atoms with Crippen molar-refractivity contribution in [3.05, 3.63) is 78.1 Å². The first-order valence-electron chi connectivity index (χ1n) is 11.5. The number of hydrogen-bond donors (Lipinski definition) is 2. The lowest BCUT2D eigenvalue weighted by molar-refractivity contribution is -0.135. The van der Waals surface area contributed by atoms with Gasteiger partial charge in [0.1, 0.15) is 5.82 Å². The molecule has 0 aliphatic carbocycles. The van der Waals surface area contributed by atoms with Crippen LogP contribution < -0.4 is 16.0 Å². The van der Waals surface area contributed by atoms with E-state index < -0.39 is 41.5 Å². The minimum absolute atomic E-state index is 0.104. The Morgan fingerprint density at radius 1 is 1.17 bits per heavy atom. The number of amides is 3. The van der Waals surface area contributed by atoms with E-state index in [9.17, 15) is 18.8 Å². The largest absolute Gasteiger partial charge is 0.369 e. The molecular weight excluding hydrogens is 447 g/mol. The molecule has 184 valence electrons. The molecular formula is C27H31FN4O3. The van der Waals surface area contributed by atoms with Crippen LogP contribution in [0, 0.1) is 23.6 Å². The van der Waals surface area contributed by atoms with Crippen LogP contribution in [0.2, 0.25) is 0 Å². The average Bonchev–Trinajstić information content (AvgIpc) is 2.92. The highest BCUT2D eigenvalue weighted by molar-refractivity contribution is 6.20. The van der Waals surface area contributed by atoms with Gasteiger partial charge in [-0.05, 0) is 49.1 Å². The van der Waals surface area contributed by atoms with E-state index in [4.69, 9.17) is 5.73 Å². The van der Waals surface area contributed by atoms with Gasteiger partial charge >= 0.3 is 0 Å². The maximum absolute atomic E-state index is 13.6. The Morgan fingerprint density at radius 2 is 1.83 bits per heavy atom. The molecule has 0 aromatic heterocycles. The fourth-order valence-corrected chi connectivity index (χ4v) is 4.32. The quantitative estimate of drug-likeness (QED) is 0.540. The molecule has 8 heteroatoms. The summed E-state index contributed by atoms with van der Waals surface area (Å²) in [7, 11) is 1.61. The van der Waals surface area contributed by atoms with Gasteiger partial charge in [-0.15, -0.1) is 6.58 Å². The van der Waals surface area contributed by atoms with E-state index in [-0.39, 0.29) is 12.3 Å². The first kappa shape index (κ1) is 25.8. The molecule has 2 aromatic rings. The summed E-state index contributed by atoms with van der Waals surface area (Å²) in [5, 5.41) is 2.75. The van der Waals surface area contributed by atoms with Crippen LogP contribution in [0.3, 0.4) is 0 Å². The number of benzene rings is 2. The molecule has 1 heterocycles. The molecule has 35 heavy (non-hydrogen) atoms. The number of aliphatic imine (C=N–C) groups is 1. The van der Waals surface area contributed by atoms with Gasteiger partial charge < -0.3 is 16.0 Å². The second-order valence-electron chi connectivity index (χ2n) is 9.08. The van der Waals surface area contributed by atoms with E-state index in [2.05, 4.69) is 16.9 Å². The second kappa shape index (κ2) is 11.1. The molecule has 3 rings (SSSR count). The van der Waals surface area contributed by atoms with Gasteiger partial charge in [0.05, 0.1) is 23.2 Å². The van der Waals surface area contributed by atoms with Crippen molar-refractivity contribution in [3.63, 3.8) is 0 Å². The van der Waals surface area contributed by atoms with Crippen molar-refractivity contribution in [1.82, 2.24) is 5.32 Å². The molecule has 3 N–H and O–H groups in total. The lowest BCUT2D eigenvalue weighted by Gasteiger charge is -2.27. The Kier molecular flexibility index (Phi) is 8.17. The fourth-order valence-electron chi connectivity index (χ4n) is 4.32. The van der Waals surface area contributed by atoms with Crippen LogP contribution in [-0.2, 0) is 14.4 Å².